The van der Waals surface area contributed by atoms with Gasteiger partial charge >= 0.3 is 5.69 Å². The summed E-state index contributed by atoms with van der Waals surface area (Å²) in [6.45, 7) is 0.310. The Morgan fingerprint density at radius 2 is 2.15 bits per heavy atom. The molecule has 0 bridgehead atoms. The maximum Gasteiger partial charge on any atom is 0.350 e. The first-order valence-electron chi connectivity index (χ1n) is 6.05. The Morgan fingerprint density at radius 1 is 1.30 bits per heavy atom. The molecule has 0 aliphatic rings. The molecule has 0 saturated heterocycles. The lowest BCUT2D eigenvalue weighted by molar-refractivity contribution is 0.407. The van der Waals surface area contributed by atoms with Crippen molar-refractivity contribution < 1.29 is 4.74 Å². The standard InChI is InChI=1S/C14H12ClN3O2/c1-20-12-6-5-11(15)8-10(12)9-18-14(19)17-7-3-2-4-13(17)16-18/h2-8H,9H2,1H3. The zero-order valence-corrected chi connectivity index (χ0v) is 11.5. The Labute approximate surface area is 120 Å². The van der Waals surface area contributed by atoms with Crippen LogP contribution in [0.5, 0.6) is 5.75 Å². The Morgan fingerprint density at radius 3 is 2.90 bits per heavy atom. The molecule has 0 N–H and O–H groups in total. The van der Waals surface area contributed by atoms with Crippen LogP contribution in [0.3, 0.4) is 0 Å². The number of fused-ring (bicyclic) bond motifs is 1. The van der Waals surface area contributed by atoms with Crippen molar-refractivity contribution in [3.8, 4) is 5.75 Å². The molecule has 2 heterocycles. The van der Waals surface area contributed by atoms with Crippen molar-refractivity contribution in [3.63, 3.8) is 0 Å². The fourth-order valence-electron chi connectivity index (χ4n) is 2.10. The van der Waals surface area contributed by atoms with Gasteiger partial charge in [-0.25, -0.2) is 9.48 Å². The van der Waals surface area contributed by atoms with Crippen LogP contribution in [0.4, 0.5) is 0 Å². The van der Waals surface area contributed by atoms with Gasteiger partial charge < -0.3 is 4.74 Å². The minimum atomic E-state index is -0.192. The molecule has 3 aromatic rings. The van der Waals surface area contributed by atoms with E-state index in [-0.39, 0.29) is 5.69 Å². The van der Waals surface area contributed by atoms with Gasteiger partial charge in [-0.2, -0.15) is 0 Å². The van der Waals surface area contributed by atoms with Crippen molar-refractivity contribution in [1.82, 2.24) is 14.2 Å². The van der Waals surface area contributed by atoms with Crippen LogP contribution in [0.1, 0.15) is 5.56 Å². The van der Waals surface area contributed by atoms with Gasteiger partial charge in [-0.15, -0.1) is 5.10 Å². The molecule has 102 valence electrons. The largest absolute Gasteiger partial charge is 0.496 e. The van der Waals surface area contributed by atoms with Crippen molar-refractivity contribution in [3.05, 3.63) is 63.7 Å². The average molecular weight is 290 g/mol. The molecule has 0 fully saturated rings. The SMILES string of the molecule is COc1ccc(Cl)cc1Cn1nc2ccccn2c1=O. The monoisotopic (exact) mass is 289 g/mol. The van der Waals surface area contributed by atoms with Crippen LogP contribution in [0.2, 0.25) is 5.02 Å². The van der Waals surface area contributed by atoms with E-state index in [2.05, 4.69) is 5.10 Å². The first kappa shape index (κ1) is 12.7. The zero-order valence-electron chi connectivity index (χ0n) is 10.8. The minimum absolute atomic E-state index is 0.192. The fourth-order valence-corrected chi connectivity index (χ4v) is 2.30. The van der Waals surface area contributed by atoms with Crippen molar-refractivity contribution in [1.29, 1.82) is 0 Å². The van der Waals surface area contributed by atoms with Gasteiger partial charge in [0, 0.05) is 16.8 Å². The molecule has 3 rings (SSSR count). The summed E-state index contributed by atoms with van der Waals surface area (Å²) in [5.41, 5.74) is 1.23. The van der Waals surface area contributed by atoms with Crippen LogP contribution in [-0.2, 0) is 6.54 Å². The van der Waals surface area contributed by atoms with Crippen molar-refractivity contribution in [2.45, 2.75) is 6.54 Å². The van der Waals surface area contributed by atoms with E-state index in [0.29, 0.717) is 23.0 Å². The Bertz CT molecular complexity index is 823. The molecule has 0 spiro atoms. The smallest absolute Gasteiger partial charge is 0.350 e. The number of hydrogen-bond acceptors (Lipinski definition) is 3. The van der Waals surface area contributed by atoms with Crippen LogP contribution in [0, 0.1) is 0 Å². The molecule has 0 aliphatic carbocycles. The predicted molar refractivity (Wildman–Crippen MR) is 76.6 cm³/mol. The molecule has 5 nitrogen and oxygen atoms in total. The molecule has 20 heavy (non-hydrogen) atoms. The highest BCUT2D eigenvalue weighted by atomic mass is 35.5. The summed E-state index contributed by atoms with van der Waals surface area (Å²) >= 11 is 5.99. The highest BCUT2D eigenvalue weighted by Gasteiger charge is 2.10. The van der Waals surface area contributed by atoms with Crippen molar-refractivity contribution >= 4 is 17.2 Å². The number of pyridine rings is 1. The van der Waals surface area contributed by atoms with Crippen molar-refractivity contribution in [2.24, 2.45) is 0 Å². The van der Waals surface area contributed by atoms with Gasteiger partial charge in [0.1, 0.15) is 5.75 Å². The second-order valence-electron chi connectivity index (χ2n) is 4.33. The second kappa shape index (κ2) is 5.02. The normalized spacial score (nSPS) is 10.9. The molecular formula is C14H12ClN3O2. The Hall–Kier alpha value is -2.27. The molecule has 0 aliphatic heterocycles. The number of rotatable bonds is 3. The Balaban J connectivity index is 2.07. The summed E-state index contributed by atoms with van der Waals surface area (Å²) in [5, 5.41) is 4.88. The first-order valence-corrected chi connectivity index (χ1v) is 6.43. The van der Waals surface area contributed by atoms with Gasteiger partial charge in [-0.05, 0) is 30.3 Å². The average Bonchev–Trinajstić information content (AvgIpc) is 2.76. The number of aromatic nitrogens is 3. The third kappa shape index (κ3) is 2.16. The van der Waals surface area contributed by atoms with Crippen LogP contribution >= 0.6 is 11.6 Å². The highest BCUT2D eigenvalue weighted by molar-refractivity contribution is 6.30. The zero-order chi connectivity index (χ0) is 14.1. The van der Waals surface area contributed by atoms with E-state index < -0.39 is 0 Å². The number of hydrogen-bond donors (Lipinski definition) is 0. The summed E-state index contributed by atoms with van der Waals surface area (Å²) < 4.78 is 8.17. The van der Waals surface area contributed by atoms with Crippen LogP contribution in [0.25, 0.3) is 5.65 Å². The van der Waals surface area contributed by atoms with Gasteiger partial charge in [0.2, 0.25) is 0 Å². The van der Waals surface area contributed by atoms with Crippen LogP contribution in [0.15, 0.2) is 47.4 Å². The first-order chi connectivity index (χ1) is 9.69. The lowest BCUT2D eigenvalue weighted by Crippen LogP contribution is -2.21. The summed E-state index contributed by atoms with van der Waals surface area (Å²) in [7, 11) is 1.58. The maximum atomic E-state index is 12.2. The number of halogens is 1. The second-order valence-corrected chi connectivity index (χ2v) is 4.76. The van der Waals surface area contributed by atoms with Gasteiger partial charge in [-0.3, -0.25) is 4.40 Å². The summed E-state index contributed by atoms with van der Waals surface area (Å²) in [4.78, 5) is 12.2. The molecule has 0 radical (unpaired) electrons. The Kier molecular flexibility index (Phi) is 3.20. The third-order valence-corrected chi connectivity index (χ3v) is 3.29. The summed E-state index contributed by atoms with van der Waals surface area (Å²) in [6.07, 6.45) is 1.69. The van der Waals surface area contributed by atoms with E-state index in [0.717, 1.165) is 5.56 Å². The summed E-state index contributed by atoms with van der Waals surface area (Å²) in [6, 6.07) is 10.7. The topological polar surface area (TPSA) is 48.5 Å². The van der Waals surface area contributed by atoms with E-state index >= 15 is 0 Å². The molecule has 0 unspecified atom stereocenters. The minimum Gasteiger partial charge on any atom is -0.496 e. The lowest BCUT2D eigenvalue weighted by atomic mass is 10.2. The van der Waals surface area contributed by atoms with Gasteiger partial charge in [-0.1, -0.05) is 17.7 Å². The summed E-state index contributed by atoms with van der Waals surface area (Å²) in [5.74, 6) is 0.679. The molecular weight excluding hydrogens is 278 g/mol. The molecule has 6 heteroatoms. The van der Waals surface area contributed by atoms with Crippen LogP contribution in [-0.4, -0.2) is 21.3 Å². The van der Waals surface area contributed by atoms with E-state index in [1.54, 1.807) is 43.6 Å². The number of benzene rings is 1. The van der Waals surface area contributed by atoms with E-state index in [1.165, 1.54) is 9.08 Å². The number of ether oxygens (including phenoxy) is 1. The van der Waals surface area contributed by atoms with Gasteiger partial charge in [0.25, 0.3) is 0 Å². The van der Waals surface area contributed by atoms with Gasteiger partial charge in [0.15, 0.2) is 5.65 Å². The molecule has 1 aromatic carbocycles. The molecule has 0 atom stereocenters. The highest BCUT2D eigenvalue weighted by Crippen LogP contribution is 2.23. The van der Waals surface area contributed by atoms with E-state index in [9.17, 15) is 4.79 Å². The van der Waals surface area contributed by atoms with E-state index in [1.807, 2.05) is 6.07 Å². The number of methoxy groups -OCH3 is 1. The lowest BCUT2D eigenvalue weighted by Gasteiger charge is -2.08. The van der Waals surface area contributed by atoms with Crippen molar-refractivity contribution in [2.75, 3.05) is 7.11 Å². The quantitative estimate of drug-likeness (QED) is 0.743. The van der Waals surface area contributed by atoms with Crippen LogP contribution < -0.4 is 10.4 Å². The molecule has 2 aromatic heterocycles. The molecule has 0 amide bonds. The fraction of sp³-hybridized carbons (Fsp3) is 0.143. The van der Waals surface area contributed by atoms with E-state index in [4.69, 9.17) is 16.3 Å². The van der Waals surface area contributed by atoms with Gasteiger partial charge in [0.05, 0.1) is 13.7 Å². The third-order valence-electron chi connectivity index (χ3n) is 3.05. The number of nitrogens with zero attached hydrogens (tertiary/aromatic N) is 3. The predicted octanol–water partition coefficient (Wildman–Crippen LogP) is 2.21. The molecule has 0 saturated carbocycles. The maximum absolute atomic E-state index is 12.2.